The van der Waals surface area contributed by atoms with E-state index >= 15 is 0 Å². The van der Waals surface area contributed by atoms with Crippen LogP contribution in [-0.4, -0.2) is 56.8 Å². The summed E-state index contributed by atoms with van der Waals surface area (Å²) in [6, 6.07) is 9.40. The first-order valence-electron chi connectivity index (χ1n) is 8.78. The maximum Gasteiger partial charge on any atom is 0.119 e. The molecule has 0 aromatic heterocycles. The highest BCUT2D eigenvalue weighted by Gasteiger charge is 2.21. The van der Waals surface area contributed by atoms with E-state index in [2.05, 4.69) is 46.3 Å². The summed E-state index contributed by atoms with van der Waals surface area (Å²) in [5.74, 6) is 0.982. The first kappa shape index (κ1) is 15.6. The molecule has 22 heavy (non-hydrogen) atoms. The number of benzene rings is 1. The lowest BCUT2D eigenvalue weighted by molar-refractivity contribution is 0.257. The monoisotopic (exact) mass is 303 g/mol. The fourth-order valence-electron chi connectivity index (χ4n) is 2.92. The van der Waals surface area contributed by atoms with Crippen LogP contribution in [-0.2, 0) is 0 Å². The Hall–Kier alpha value is -1.26. The smallest absolute Gasteiger partial charge is 0.119 e. The number of hydrogen-bond donors (Lipinski definition) is 1. The molecule has 1 N–H and O–H groups in total. The van der Waals surface area contributed by atoms with Crippen LogP contribution >= 0.6 is 0 Å². The van der Waals surface area contributed by atoms with Gasteiger partial charge in [-0.15, -0.1) is 0 Å². The van der Waals surface area contributed by atoms with Crippen LogP contribution in [0.25, 0.3) is 0 Å². The minimum absolute atomic E-state index is 0.799. The highest BCUT2D eigenvalue weighted by molar-refractivity contribution is 5.49. The maximum absolute atomic E-state index is 5.65. The summed E-state index contributed by atoms with van der Waals surface area (Å²) in [5, 5.41) is 3.60. The minimum atomic E-state index is 0.799. The van der Waals surface area contributed by atoms with Crippen LogP contribution in [0.15, 0.2) is 24.3 Å². The van der Waals surface area contributed by atoms with Crippen LogP contribution in [0.5, 0.6) is 5.75 Å². The minimum Gasteiger partial charge on any atom is -0.494 e. The van der Waals surface area contributed by atoms with E-state index in [9.17, 15) is 0 Å². The van der Waals surface area contributed by atoms with Crippen molar-refractivity contribution < 1.29 is 4.74 Å². The molecule has 2 aliphatic rings. The first-order chi connectivity index (χ1) is 10.8. The fourth-order valence-corrected chi connectivity index (χ4v) is 2.92. The highest BCUT2D eigenvalue weighted by Crippen LogP contribution is 2.21. The number of piperazine rings is 1. The molecule has 122 valence electrons. The Balaban J connectivity index is 1.40. The summed E-state index contributed by atoms with van der Waals surface area (Å²) in [4.78, 5) is 5.05. The van der Waals surface area contributed by atoms with Gasteiger partial charge in [-0.3, -0.25) is 4.90 Å². The molecule has 4 heteroatoms. The van der Waals surface area contributed by atoms with Gasteiger partial charge in [0.25, 0.3) is 0 Å². The van der Waals surface area contributed by atoms with Crippen molar-refractivity contribution in [2.75, 3.05) is 50.8 Å². The molecule has 1 saturated heterocycles. The van der Waals surface area contributed by atoms with Crippen LogP contribution in [0.2, 0.25) is 0 Å². The van der Waals surface area contributed by atoms with Crippen molar-refractivity contribution >= 4 is 5.69 Å². The number of rotatable bonds is 8. The van der Waals surface area contributed by atoms with Gasteiger partial charge in [-0.2, -0.15) is 0 Å². The number of nitrogens with one attached hydrogen (secondary N) is 1. The topological polar surface area (TPSA) is 27.7 Å². The third kappa shape index (κ3) is 4.62. The quantitative estimate of drug-likeness (QED) is 0.798. The lowest BCUT2D eigenvalue weighted by Gasteiger charge is -2.36. The van der Waals surface area contributed by atoms with E-state index in [1.165, 1.54) is 38.2 Å². The van der Waals surface area contributed by atoms with Gasteiger partial charge < -0.3 is 15.0 Å². The molecule has 0 radical (unpaired) electrons. The van der Waals surface area contributed by atoms with E-state index in [-0.39, 0.29) is 0 Å². The Morgan fingerprint density at radius 2 is 1.82 bits per heavy atom. The largest absolute Gasteiger partial charge is 0.494 e. The van der Waals surface area contributed by atoms with Crippen LogP contribution in [0.1, 0.15) is 26.2 Å². The Kier molecular flexibility index (Phi) is 5.57. The molecule has 1 aliphatic carbocycles. The predicted octanol–water partition coefficient (Wildman–Crippen LogP) is 2.35. The Bertz CT molecular complexity index is 436. The highest BCUT2D eigenvalue weighted by atomic mass is 16.5. The van der Waals surface area contributed by atoms with E-state index in [1.54, 1.807) is 0 Å². The van der Waals surface area contributed by atoms with Crippen molar-refractivity contribution in [1.82, 2.24) is 10.2 Å². The van der Waals surface area contributed by atoms with Gasteiger partial charge >= 0.3 is 0 Å². The second-order valence-corrected chi connectivity index (χ2v) is 6.40. The van der Waals surface area contributed by atoms with Crippen LogP contribution < -0.4 is 15.0 Å². The molecular weight excluding hydrogens is 274 g/mol. The molecule has 1 heterocycles. The van der Waals surface area contributed by atoms with Gasteiger partial charge in [0.1, 0.15) is 5.75 Å². The average molecular weight is 303 g/mol. The Labute approximate surface area is 134 Å². The second kappa shape index (κ2) is 7.84. The molecule has 2 fully saturated rings. The number of anilines is 1. The zero-order valence-corrected chi connectivity index (χ0v) is 13.8. The zero-order chi connectivity index (χ0) is 15.2. The SMILES string of the molecule is CCCOc1ccc(N2CCN(CCNC3CC3)CC2)cc1. The summed E-state index contributed by atoms with van der Waals surface area (Å²) in [6.07, 6.45) is 3.82. The number of nitrogens with zero attached hydrogens (tertiary/aromatic N) is 2. The van der Waals surface area contributed by atoms with Crippen molar-refractivity contribution in [1.29, 1.82) is 0 Å². The second-order valence-electron chi connectivity index (χ2n) is 6.40. The molecule has 0 amide bonds. The van der Waals surface area contributed by atoms with E-state index < -0.39 is 0 Å². The summed E-state index contributed by atoms with van der Waals surface area (Å²) in [6.45, 7) is 9.85. The van der Waals surface area contributed by atoms with Gasteiger partial charge in [-0.05, 0) is 43.5 Å². The summed E-state index contributed by atoms with van der Waals surface area (Å²) >= 11 is 0. The molecule has 3 rings (SSSR count). The Morgan fingerprint density at radius 3 is 2.45 bits per heavy atom. The van der Waals surface area contributed by atoms with Gasteiger partial charge in [0.05, 0.1) is 6.61 Å². The van der Waals surface area contributed by atoms with E-state index in [0.29, 0.717) is 0 Å². The molecule has 4 nitrogen and oxygen atoms in total. The molecule has 1 aromatic rings. The van der Waals surface area contributed by atoms with Crippen molar-refractivity contribution in [3.63, 3.8) is 0 Å². The third-order valence-corrected chi connectivity index (χ3v) is 4.49. The first-order valence-corrected chi connectivity index (χ1v) is 8.78. The van der Waals surface area contributed by atoms with Crippen molar-refractivity contribution in [3.05, 3.63) is 24.3 Å². The Morgan fingerprint density at radius 1 is 1.09 bits per heavy atom. The molecule has 0 bridgehead atoms. The van der Waals surface area contributed by atoms with Crippen molar-refractivity contribution in [2.45, 2.75) is 32.2 Å². The number of hydrogen-bond acceptors (Lipinski definition) is 4. The maximum atomic E-state index is 5.65. The summed E-state index contributed by atoms with van der Waals surface area (Å²) in [7, 11) is 0. The van der Waals surface area contributed by atoms with Crippen molar-refractivity contribution in [2.24, 2.45) is 0 Å². The molecule has 1 aliphatic heterocycles. The van der Waals surface area contributed by atoms with E-state index in [1.807, 2.05) is 0 Å². The van der Waals surface area contributed by atoms with E-state index in [4.69, 9.17) is 4.74 Å². The van der Waals surface area contributed by atoms with Gasteiger partial charge in [-0.1, -0.05) is 6.92 Å². The van der Waals surface area contributed by atoms with Gasteiger partial charge in [-0.25, -0.2) is 0 Å². The normalized spacial score (nSPS) is 19.4. The summed E-state index contributed by atoms with van der Waals surface area (Å²) < 4.78 is 5.65. The standard InChI is InChI=1S/C18H29N3O/c1-2-15-22-18-7-5-17(6-8-18)21-13-11-20(12-14-21)10-9-19-16-3-4-16/h5-8,16,19H,2-4,9-15H2,1H3. The van der Waals surface area contributed by atoms with Crippen LogP contribution in [0, 0.1) is 0 Å². The van der Waals surface area contributed by atoms with Gasteiger partial charge in [0, 0.05) is 51.0 Å². The van der Waals surface area contributed by atoms with E-state index in [0.717, 1.165) is 44.5 Å². The van der Waals surface area contributed by atoms with Crippen LogP contribution in [0.4, 0.5) is 5.69 Å². The molecular formula is C18H29N3O. The zero-order valence-electron chi connectivity index (χ0n) is 13.8. The molecule has 0 unspecified atom stereocenters. The molecule has 0 spiro atoms. The van der Waals surface area contributed by atoms with Crippen LogP contribution in [0.3, 0.4) is 0 Å². The molecule has 0 atom stereocenters. The summed E-state index contributed by atoms with van der Waals surface area (Å²) in [5.41, 5.74) is 1.32. The van der Waals surface area contributed by atoms with Crippen molar-refractivity contribution in [3.8, 4) is 5.75 Å². The average Bonchev–Trinajstić information content (AvgIpc) is 3.38. The molecule has 1 aromatic carbocycles. The fraction of sp³-hybridized carbons (Fsp3) is 0.667. The molecule has 1 saturated carbocycles. The lowest BCUT2D eigenvalue weighted by Crippen LogP contribution is -2.48. The number of ether oxygens (including phenoxy) is 1. The third-order valence-electron chi connectivity index (χ3n) is 4.49. The predicted molar refractivity (Wildman–Crippen MR) is 91.9 cm³/mol. The van der Waals surface area contributed by atoms with Gasteiger partial charge in [0.15, 0.2) is 0 Å². The lowest BCUT2D eigenvalue weighted by atomic mass is 10.2. The van der Waals surface area contributed by atoms with Gasteiger partial charge in [0.2, 0.25) is 0 Å².